The topological polar surface area (TPSA) is 24.5 Å². The van der Waals surface area contributed by atoms with E-state index in [-0.39, 0.29) is 5.41 Å². The normalized spacial score (nSPS) is 12.8. The first kappa shape index (κ1) is 67.9. The van der Waals surface area contributed by atoms with Gasteiger partial charge in [-0.05, 0) is 214 Å². The number of para-hydroxylation sites is 9. The van der Waals surface area contributed by atoms with E-state index in [0.29, 0.717) is 0 Å². The Morgan fingerprint density at radius 1 is 0.234 bits per heavy atom. The fourth-order valence-electron chi connectivity index (χ4n) is 18.2. The molecule has 0 bridgehead atoms. The second-order valence-corrected chi connectivity index (χ2v) is 30.2. The summed E-state index contributed by atoms with van der Waals surface area (Å²) in [6, 6.07) is 139. The Kier molecular flexibility index (Phi) is 16.8. The third-order valence-electron chi connectivity index (χ3n) is 23.7. The van der Waals surface area contributed by atoms with Crippen LogP contribution in [0.15, 0.2) is 382 Å². The molecule has 6 nitrogen and oxygen atoms in total. The third kappa shape index (κ3) is 11.2. The van der Waals surface area contributed by atoms with Crippen LogP contribution >= 0.6 is 0 Å². The zero-order chi connectivity index (χ0) is 75.1. The van der Waals surface area contributed by atoms with Gasteiger partial charge >= 0.3 is 0 Å². The van der Waals surface area contributed by atoms with E-state index in [0.717, 1.165) is 11.4 Å². The van der Waals surface area contributed by atoms with Gasteiger partial charge in [0.1, 0.15) is 0 Å². The summed E-state index contributed by atoms with van der Waals surface area (Å²) in [7, 11) is 6.44. The van der Waals surface area contributed by atoms with Crippen molar-refractivity contribution < 1.29 is 0 Å². The molecule has 2 aliphatic rings. The molecule has 0 saturated carbocycles. The van der Waals surface area contributed by atoms with Crippen molar-refractivity contribution in [3.05, 3.63) is 427 Å². The Hall–Kier alpha value is -13.7. The standard InChI is InChI=1S/C44H32N2.C34H28N2.C27H24N2/c1-45(33-19-9-4-10-20-33)34-25-27-36-37-28-26-35(46-42-23-13-11-21-38(42)39-22-12-14-24-43(39)46)30-41(37)44(40(36)29-34,31-15-5-2-6-16-31)32-17-7-3-8-18-32;1-34(2)30-21-24(35(3)23-11-5-4-6-12-23)17-19-26(30)27-20-18-25(22-31(27)34)36-32-15-9-7-13-28(32)29-14-8-10-16-33(29)36;1-19-18-27(20(2)17-26(19)28(3)21-11-5-4-6-12-21)29-24-15-9-7-13-22(24)23-14-8-10-16-25(23)29/h2-30H,1H3;4-22H,1-3H3;4-18H,1-3H3. The maximum atomic E-state index is 2.45. The van der Waals surface area contributed by atoms with Gasteiger partial charge in [0.15, 0.2) is 0 Å². The second kappa shape index (κ2) is 27.5. The predicted molar refractivity (Wildman–Crippen MR) is 470 cm³/mol. The van der Waals surface area contributed by atoms with Crippen LogP contribution in [0.25, 0.3) is 105 Å². The highest BCUT2D eigenvalue weighted by Crippen LogP contribution is 2.58. The van der Waals surface area contributed by atoms with E-state index < -0.39 is 5.41 Å². The first-order chi connectivity index (χ1) is 54.4. The number of hydrogen-bond donors (Lipinski definition) is 0. The number of fused-ring (bicyclic) bond motifs is 15. The van der Waals surface area contributed by atoms with Crippen molar-refractivity contribution in [2.45, 2.75) is 38.5 Å². The van der Waals surface area contributed by atoms with E-state index in [4.69, 9.17) is 0 Å². The fourth-order valence-corrected chi connectivity index (χ4v) is 18.2. The largest absolute Gasteiger partial charge is 0.345 e. The van der Waals surface area contributed by atoms with Gasteiger partial charge in [0, 0.05) is 110 Å². The number of aromatic nitrogens is 3. The maximum Gasteiger partial charge on any atom is 0.0715 e. The van der Waals surface area contributed by atoms with Gasteiger partial charge in [-0.1, -0.05) is 263 Å². The Morgan fingerprint density at radius 2 is 0.523 bits per heavy atom. The van der Waals surface area contributed by atoms with E-state index >= 15 is 0 Å². The van der Waals surface area contributed by atoms with E-state index in [1.807, 2.05) is 0 Å². The molecule has 0 aliphatic heterocycles. The quantitative estimate of drug-likeness (QED) is 0.129. The monoisotopic (exact) mass is 1430 g/mol. The van der Waals surface area contributed by atoms with Gasteiger partial charge in [-0.25, -0.2) is 0 Å². The van der Waals surface area contributed by atoms with Crippen molar-refractivity contribution in [1.82, 2.24) is 13.7 Å². The molecule has 0 spiro atoms. The third-order valence-corrected chi connectivity index (χ3v) is 23.7. The molecular weight excluding hydrogens is 1350 g/mol. The summed E-state index contributed by atoms with van der Waals surface area (Å²) >= 11 is 0. The molecule has 3 aromatic heterocycles. The van der Waals surface area contributed by atoms with Crippen LogP contribution in [-0.4, -0.2) is 34.8 Å². The summed E-state index contributed by atoms with van der Waals surface area (Å²) in [6.07, 6.45) is 0. The molecule has 0 unspecified atom stereocenters. The van der Waals surface area contributed by atoms with Crippen LogP contribution in [0.3, 0.4) is 0 Å². The summed E-state index contributed by atoms with van der Waals surface area (Å²) in [6.45, 7) is 9.13. The highest BCUT2D eigenvalue weighted by Gasteiger charge is 2.47. The lowest BCUT2D eigenvalue weighted by atomic mass is 9.67. The summed E-state index contributed by atoms with van der Waals surface area (Å²) < 4.78 is 7.25. The average molecular weight is 1430 g/mol. The molecule has 21 rings (SSSR count). The first-order valence-corrected chi connectivity index (χ1v) is 38.6. The van der Waals surface area contributed by atoms with Crippen LogP contribution in [-0.2, 0) is 10.8 Å². The minimum absolute atomic E-state index is 0.0903. The molecule has 0 amide bonds. The Balaban J connectivity index is 0.000000116. The fraction of sp³-hybridized carbons (Fsp3) is 0.0857. The predicted octanol–water partition coefficient (Wildman–Crippen LogP) is 26.9. The molecule has 2 aliphatic carbocycles. The Morgan fingerprint density at radius 3 is 0.910 bits per heavy atom. The second-order valence-electron chi connectivity index (χ2n) is 30.2. The zero-order valence-electron chi connectivity index (χ0n) is 63.6. The minimum Gasteiger partial charge on any atom is -0.345 e. The molecule has 0 atom stereocenters. The lowest BCUT2D eigenvalue weighted by Gasteiger charge is -2.34. The molecule has 16 aromatic carbocycles. The minimum atomic E-state index is -0.504. The van der Waals surface area contributed by atoms with Crippen LogP contribution < -0.4 is 14.7 Å². The number of aryl methyl sites for hydroxylation is 2. The van der Waals surface area contributed by atoms with E-state index in [2.05, 4.69) is 459 Å². The molecule has 111 heavy (non-hydrogen) atoms. The van der Waals surface area contributed by atoms with Crippen molar-refractivity contribution in [3.8, 4) is 39.3 Å². The highest BCUT2D eigenvalue weighted by atomic mass is 15.1. The molecule has 0 N–H and O–H groups in total. The van der Waals surface area contributed by atoms with E-state index in [1.165, 1.54) is 172 Å². The Labute approximate surface area is 649 Å². The maximum absolute atomic E-state index is 2.45. The summed E-state index contributed by atoms with van der Waals surface area (Å²) in [4.78, 5) is 6.81. The van der Waals surface area contributed by atoms with Crippen LogP contribution in [0.1, 0.15) is 58.4 Å². The Bertz CT molecular complexity index is 6550. The molecule has 6 heteroatoms. The van der Waals surface area contributed by atoms with Gasteiger partial charge in [-0.2, -0.15) is 0 Å². The molecule has 0 saturated heterocycles. The summed E-state index contributed by atoms with van der Waals surface area (Å²) in [5.41, 5.74) is 33.3. The van der Waals surface area contributed by atoms with Crippen molar-refractivity contribution >= 4 is 99.5 Å². The lowest BCUT2D eigenvalue weighted by molar-refractivity contribution is 0.660. The van der Waals surface area contributed by atoms with Crippen LogP contribution in [0.5, 0.6) is 0 Å². The number of anilines is 6. The summed E-state index contributed by atoms with van der Waals surface area (Å²) in [5, 5.41) is 7.73. The SMILES string of the molecule is CN(c1ccccc1)c1ccc2c(c1)C(C)(C)c1cc(-n3c4ccccc4c4ccccc43)ccc1-2.CN(c1ccccc1)c1ccc2c(c1)C(c1ccccc1)(c1ccccc1)c1cc(-n3c4ccccc4c4ccccc43)ccc1-2.Cc1cc(-n2c3ccccc3c3ccccc32)c(C)cc1N(C)c1ccccc1. The molecule has 534 valence electrons. The first-order valence-electron chi connectivity index (χ1n) is 38.6. The molecule has 0 fully saturated rings. The van der Waals surface area contributed by atoms with E-state index in [9.17, 15) is 0 Å². The van der Waals surface area contributed by atoms with Crippen molar-refractivity contribution in [3.63, 3.8) is 0 Å². The average Bonchev–Trinajstić information content (AvgIpc) is 1.54. The smallest absolute Gasteiger partial charge is 0.0715 e. The van der Waals surface area contributed by atoms with Gasteiger partial charge in [0.05, 0.1) is 38.5 Å². The van der Waals surface area contributed by atoms with Gasteiger partial charge in [0.2, 0.25) is 0 Å². The molecule has 0 radical (unpaired) electrons. The van der Waals surface area contributed by atoms with Gasteiger partial charge in [-0.15, -0.1) is 0 Å². The van der Waals surface area contributed by atoms with Crippen molar-refractivity contribution in [2.24, 2.45) is 0 Å². The van der Waals surface area contributed by atoms with Crippen LogP contribution in [0.2, 0.25) is 0 Å². The van der Waals surface area contributed by atoms with Crippen LogP contribution in [0.4, 0.5) is 34.1 Å². The number of nitrogens with zero attached hydrogens (tertiary/aromatic N) is 6. The number of rotatable bonds is 11. The summed E-state index contributed by atoms with van der Waals surface area (Å²) in [5.74, 6) is 0. The highest BCUT2D eigenvalue weighted by molar-refractivity contribution is 6.12. The number of hydrogen-bond acceptors (Lipinski definition) is 3. The van der Waals surface area contributed by atoms with Gasteiger partial charge < -0.3 is 28.4 Å². The van der Waals surface area contributed by atoms with Crippen LogP contribution in [0, 0.1) is 13.8 Å². The molecular formula is C105H84N6. The molecule has 19 aromatic rings. The van der Waals surface area contributed by atoms with Crippen molar-refractivity contribution in [2.75, 3.05) is 35.8 Å². The lowest BCUT2D eigenvalue weighted by Crippen LogP contribution is -2.29. The molecule has 3 heterocycles. The number of benzene rings is 16. The van der Waals surface area contributed by atoms with Gasteiger partial charge in [0.25, 0.3) is 0 Å². The zero-order valence-corrected chi connectivity index (χ0v) is 63.6. The van der Waals surface area contributed by atoms with Gasteiger partial charge in [-0.3, -0.25) is 0 Å². The van der Waals surface area contributed by atoms with E-state index in [1.54, 1.807) is 0 Å². The van der Waals surface area contributed by atoms with Crippen molar-refractivity contribution in [1.29, 1.82) is 0 Å².